The molecule has 0 fully saturated rings. The average Bonchev–Trinajstić information content (AvgIpc) is 2.53. The first kappa shape index (κ1) is 16.0. The van der Waals surface area contributed by atoms with Crippen LogP contribution in [-0.2, 0) is 11.0 Å². The maximum atomic E-state index is 12.4. The van der Waals surface area contributed by atoms with Crippen molar-refractivity contribution in [3.8, 4) is 17.2 Å². The first-order valence-corrected chi connectivity index (χ1v) is 7.58. The molecule has 2 aromatic carbocycles. The van der Waals surface area contributed by atoms with Crippen molar-refractivity contribution in [2.75, 3.05) is 31.8 Å². The number of nitrogen functional groups attached to an aromatic ring is 1. The summed E-state index contributed by atoms with van der Waals surface area (Å²) in [6, 6.07) is 10.2. The summed E-state index contributed by atoms with van der Waals surface area (Å²) in [5.74, 6) is 1.44. The summed E-state index contributed by atoms with van der Waals surface area (Å²) in [6.45, 7) is 0. The Hall–Kier alpha value is -2.41. The van der Waals surface area contributed by atoms with Gasteiger partial charge in [0.25, 0.3) is 0 Å². The van der Waals surface area contributed by atoms with Crippen molar-refractivity contribution in [1.82, 2.24) is 0 Å². The normalized spacial score (nSPS) is 11.6. The Morgan fingerprint density at radius 3 is 2.14 bits per heavy atom. The maximum absolute atomic E-state index is 12.4. The Morgan fingerprint density at radius 2 is 1.64 bits per heavy atom. The lowest BCUT2D eigenvalue weighted by Gasteiger charge is -2.14. The number of anilines is 2. The van der Waals surface area contributed by atoms with E-state index in [1.165, 1.54) is 21.3 Å². The molecule has 22 heavy (non-hydrogen) atoms. The highest BCUT2D eigenvalue weighted by Crippen LogP contribution is 2.40. The number of hydrogen-bond acceptors (Lipinski definition) is 5. The zero-order valence-corrected chi connectivity index (χ0v) is 13.4. The first-order valence-electron chi connectivity index (χ1n) is 6.43. The molecule has 2 aromatic rings. The SMILES string of the molecule is COc1cc(NS(=O)c2cccc(N)c2)cc(OC)c1OC. The van der Waals surface area contributed by atoms with Crippen LogP contribution >= 0.6 is 0 Å². The summed E-state index contributed by atoms with van der Waals surface area (Å²) in [7, 11) is 3.12. The number of hydrogen-bond donors (Lipinski definition) is 2. The van der Waals surface area contributed by atoms with Crippen LogP contribution in [0.25, 0.3) is 0 Å². The van der Waals surface area contributed by atoms with Crippen LogP contribution in [0.5, 0.6) is 17.2 Å². The van der Waals surface area contributed by atoms with Crippen LogP contribution in [-0.4, -0.2) is 25.5 Å². The van der Waals surface area contributed by atoms with Gasteiger partial charge in [0.15, 0.2) is 11.5 Å². The number of rotatable bonds is 6. The highest BCUT2D eigenvalue weighted by Gasteiger charge is 2.14. The molecule has 6 nitrogen and oxygen atoms in total. The second kappa shape index (κ2) is 7.04. The van der Waals surface area contributed by atoms with Gasteiger partial charge in [-0.05, 0) is 18.2 Å². The van der Waals surface area contributed by atoms with Crippen LogP contribution in [0, 0.1) is 0 Å². The topological polar surface area (TPSA) is 82.8 Å². The summed E-state index contributed by atoms with van der Waals surface area (Å²) in [4.78, 5) is 0.578. The predicted octanol–water partition coefficient (Wildman–Crippen LogP) is 2.43. The fraction of sp³-hybridized carbons (Fsp3) is 0.200. The number of nitrogens with two attached hydrogens (primary N) is 1. The van der Waals surface area contributed by atoms with Gasteiger partial charge < -0.3 is 24.7 Å². The monoisotopic (exact) mass is 322 g/mol. The smallest absolute Gasteiger partial charge is 0.203 e. The molecule has 2 rings (SSSR count). The van der Waals surface area contributed by atoms with Crippen LogP contribution in [0.15, 0.2) is 41.3 Å². The van der Waals surface area contributed by atoms with E-state index in [4.69, 9.17) is 19.9 Å². The molecule has 0 aromatic heterocycles. The zero-order chi connectivity index (χ0) is 16.1. The molecule has 0 aliphatic rings. The minimum atomic E-state index is -1.46. The third kappa shape index (κ3) is 3.43. The average molecular weight is 322 g/mol. The standard InChI is InChI=1S/C15H18N2O4S/c1-19-13-8-11(9-14(20-2)15(13)21-3)17-22(18)12-6-4-5-10(16)7-12/h4-9,17H,16H2,1-3H3. The summed E-state index contributed by atoms with van der Waals surface area (Å²) in [5.41, 5.74) is 6.83. The van der Waals surface area contributed by atoms with E-state index in [1.807, 2.05) is 0 Å². The molecular formula is C15H18N2O4S. The van der Waals surface area contributed by atoms with Crippen LogP contribution in [0.2, 0.25) is 0 Å². The largest absolute Gasteiger partial charge is 0.493 e. The fourth-order valence-corrected chi connectivity index (χ4v) is 2.83. The number of benzene rings is 2. The molecule has 0 amide bonds. The Bertz CT molecular complexity index is 666. The highest BCUT2D eigenvalue weighted by molar-refractivity contribution is 7.86. The molecule has 3 N–H and O–H groups in total. The van der Waals surface area contributed by atoms with E-state index in [0.29, 0.717) is 33.5 Å². The molecule has 1 atom stereocenters. The summed E-state index contributed by atoms with van der Waals surface area (Å²) < 4.78 is 31.0. The molecule has 0 radical (unpaired) electrons. The summed E-state index contributed by atoms with van der Waals surface area (Å²) in [5, 5.41) is 0. The van der Waals surface area contributed by atoms with Crippen molar-refractivity contribution in [3.63, 3.8) is 0 Å². The van der Waals surface area contributed by atoms with Gasteiger partial charge in [0.1, 0.15) is 11.0 Å². The van der Waals surface area contributed by atoms with Crippen LogP contribution < -0.4 is 24.7 Å². The predicted molar refractivity (Wildman–Crippen MR) is 87.0 cm³/mol. The highest BCUT2D eigenvalue weighted by atomic mass is 32.2. The van der Waals surface area contributed by atoms with E-state index < -0.39 is 11.0 Å². The van der Waals surface area contributed by atoms with Gasteiger partial charge in [-0.2, -0.15) is 0 Å². The first-order chi connectivity index (χ1) is 10.6. The fourth-order valence-electron chi connectivity index (χ4n) is 1.94. The van der Waals surface area contributed by atoms with E-state index >= 15 is 0 Å². The Balaban J connectivity index is 2.31. The van der Waals surface area contributed by atoms with E-state index in [0.717, 1.165) is 0 Å². The molecule has 0 spiro atoms. The van der Waals surface area contributed by atoms with Gasteiger partial charge in [0, 0.05) is 17.8 Å². The van der Waals surface area contributed by atoms with E-state index in [9.17, 15) is 4.21 Å². The summed E-state index contributed by atoms with van der Waals surface area (Å²) >= 11 is 0. The lowest BCUT2D eigenvalue weighted by Crippen LogP contribution is -2.06. The summed E-state index contributed by atoms with van der Waals surface area (Å²) in [6.07, 6.45) is 0. The van der Waals surface area contributed by atoms with E-state index in [1.54, 1.807) is 36.4 Å². The molecule has 118 valence electrons. The van der Waals surface area contributed by atoms with Crippen LogP contribution in [0.4, 0.5) is 11.4 Å². The number of methoxy groups -OCH3 is 3. The van der Waals surface area contributed by atoms with Crippen molar-refractivity contribution < 1.29 is 18.4 Å². The van der Waals surface area contributed by atoms with Crippen molar-refractivity contribution >= 4 is 22.4 Å². The van der Waals surface area contributed by atoms with Crippen molar-refractivity contribution in [2.24, 2.45) is 0 Å². The van der Waals surface area contributed by atoms with Gasteiger partial charge in [-0.1, -0.05) is 6.07 Å². The second-order valence-electron chi connectivity index (χ2n) is 4.36. The maximum Gasteiger partial charge on any atom is 0.203 e. The lowest BCUT2D eigenvalue weighted by molar-refractivity contribution is 0.325. The van der Waals surface area contributed by atoms with Gasteiger partial charge >= 0.3 is 0 Å². The second-order valence-corrected chi connectivity index (χ2v) is 5.57. The molecule has 0 aliphatic heterocycles. The molecule has 0 aliphatic carbocycles. The minimum absolute atomic E-state index is 0.477. The number of ether oxygens (including phenoxy) is 3. The van der Waals surface area contributed by atoms with Crippen molar-refractivity contribution in [3.05, 3.63) is 36.4 Å². The zero-order valence-electron chi connectivity index (χ0n) is 12.6. The lowest BCUT2D eigenvalue weighted by atomic mass is 10.2. The molecule has 7 heteroatoms. The number of nitrogens with one attached hydrogen (secondary N) is 1. The molecular weight excluding hydrogens is 304 g/mol. The Kier molecular flexibility index (Phi) is 5.11. The van der Waals surface area contributed by atoms with Crippen LogP contribution in [0.1, 0.15) is 0 Å². The van der Waals surface area contributed by atoms with Gasteiger partial charge in [-0.25, -0.2) is 4.21 Å². The van der Waals surface area contributed by atoms with Crippen molar-refractivity contribution in [1.29, 1.82) is 0 Å². The molecule has 1 unspecified atom stereocenters. The minimum Gasteiger partial charge on any atom is -0.493 e. The Labute approximate surface area is 131 Å². The van der Waals surface area contributed by atoms with E-state index in [-0.39, 0.29) is 0 Å². The molecule has 0 bridgehead atoms. The Morgan fingerprint density at radius 1 is 1.00 bits per heavy atom. The quantitative estimate of drug-likeness (QED) is 0.798. The van der Waals surface area contributed by atoms with Gasteiger partial charge in [0.2, 0.25) is 5.75 Å². The van der Waals surface area contributed by atoms with Gasteiger partial charge in [-0.3, -0.25) is 0 Å². The van der Waals surface area contributed by atoms with E-state index in [2.05, 4.69) is 4.72 Å². The van der Waals surface area contributed by atoms with Gasteiger partial charge in [0.05, 0.1) is 31.9 Å². The van der Waals surface area contributed by atoms with Crippen molar-refractivity contribution in [2.45, 2.75) is 4.90 Å². The molecule has 0 heterocycles. The van der Waals surface area contributed by atoms with Crippen LogP contribution in [0.3, 0.4) is 0 Å². The third-order valence-corrected chi connectivity index (χ3v) is 4.05. The third-order valence-electron chi connectivity index (χ3n) is 2.95. The van der Waals surface area contributed by atoms with Gasteiger partial charge in [-0.15, -0.1) is 0 Å². The molecule has 0 saturated heterocycles. The molecule has 0 saturated carbocycles.